The summed E-state index contributed by atoms with van der Waals surface area (Å²) in [6.07, 6.45) is 1.72. The monoisotopic (exact) mass is 698 g/mol. The fraction of sp³-hybridized carbons (Fsp3) is 0.333. The Balaban J connectivity index is 1.06. The van der Waals surface area contributed by atoms with Gasteiger partial charge in [0.15, 0.2) is 10.3 Å². The summed E-state index contributed by atoms with van der Waals surface area (Å²) >= 11 is 27.5. The van der Waals surface area contributed by atoms with Crippen molar-refractivity contribution in [2.45, 2.75) is 24.3 Å². The Labute approximate surface area is 280 Å². The van der Waals surface area contributed by atoms with Gasteiger partial charge in [0.2, 0.25) is 0 Å². The molecule has 0 radical (unpaired) electrons. The number of amidine groups is 2. The Morgan fingerprint density at radius 3 is 1.63 bits per heavy atom. The van der Waals surface area contributed by atoms with Crippen LogP contribution in [0, 0.1) is 5.82 Å². The highest BCUT2D eigenvalue weighted by molar-refractivity contribution is 8.13. The lowest BCUT2D eigenvalue weighted by Crippen LogP contribution is -2.42. The van der Waals surface area contributed by atoms with Gasteiger partial charge in [0.25, 0.3) is 0 Å². The third-order valence-electron chi connectivity index (χ3n) is 7.03. The van der Waals surface area contributed by atoms with Crippen molar-refractivity contribution >= 4 is 80.3 Å². The number of aliphatic imine (C=N–C) groups is 2. The number of rotatable bonds is 10. The van der Waals surface area contributed by atoms with Gasteiger partial charge in [-0.05, 0) is 71.5 Å². The molecular formula is C30H31Cl4FN6S2. The summed E-state index contributed by atoms with van der Waals surface area (Å²) in [5.41, 5.74) is 4.34. The molecule has 2 aliphatic rings. The number of hydrogen-bond acceptors (Lipinski definition) is 8. The molecule has 2 aliphatic heterocycles. The summed E-state index contributed by atoms with van der Waals surface area (Å²) in [4.78, 5) is 13.9. The van der Waals surface area contributed by atoms with Crippen LogP contribution in [0.4, 0.5) is 4.39 Å². The first-order valence-corrected chi connectivity index (χ1v) is 17.2. The average Bonchev–Trinajstić information content (AvgIpc) is 3.01. The molecule has 0 atom stereocenters. The van der Waals surface area contributed by atoms with E-state index in [9.17, 15) is 4.39 Å². The average molecular weight is 701 g/mol. The predicted octanol–water partition coefficient (Wildman–Crippen LogP) is 7.74. The molecule has 2 heterocycles. The van der Waals surface area contributed by atoms with Gasteiger partial charge in [-0.3, -0.25) is 9.80 Å². The van der Waals surface area contributed by atoms with Crippen LogP contribution in [0.3, 0.4) is 0 Å². The SMILES string of the molecule is Fc1ccc(CSC2=NCN(CCc3ccc(Cl)c(Cl)c3)CN2)c(CSC2=NCN(CCc3ccc(Cl)c(Cl)c3)CN2)c1. The lowest BCUT2D eigenvalue weighted by Gasteiger charge is -2.27. The van der Waals surface area contributed by atoms with Crippen LogP contribution in [0.25, 0.3) is 0 Å². The van der Waals surface area contributed by atoms with E-state index in [0.717, 1.165) is 65.2 Å². The molecule has 0 unspecified atom stereocenters. The van der Waals surface area contributed by atoms with Crippen molar-refractivity contribution in [3.05, 3.63) is 103 Å². The normalized spacial score (nSPS) is 15.9. The Morgan fingerprint density at radius 2 is 1.16 bits per heavy atom. The van der Waals surface area contributed by atoms with Crippen molar-refractivity contribution in [3.8, 4) is 0 Å². The lowest BCUT2D eigenvalue weighted by molar-refractivity contribution is 0.270. The van der Waals surface area contributed by atoms with E-state index in [1.165, 1.54) is 6.07 Å². The highest BCUT2D eigenvalue weighted by atomic mass is 35.5. The van der Waals surface area contributed by atoms with Crippen molar-refractivity contribution in [3.63, 3.8) is 0 Å². The van der Waals surface area contributed by atoms with E-state index < -0.39 is 0 Å². The standard InChI is InChI=1S/C30H31Cl4FN6S2/c31-25-5-1-20(11-27(25)33)7-9-40-16-36-29(37-17-40)42-14-22-3-4-24(35)13-23(22)15-43-30-38-18-41(19-39-30)10-8-21-2-6-26(32)28(34)12-21/h1-6,11-13H,7-10,14-19H2,(H,36,37)(H,38,39). The van der Waals surface area contributed by atoms with E-state index in [1.54, 1.807) is 29.6 Å². The van der Waals surface area contributed by atoms with Gasteiger partial charge in [0.05, 0.1) is 46.8 Å². The lowest BCUT2D eigenvalue weighted by atomic mass is 10.1. The fourth-order valence-electron chi connectivity index (χ4n) is 4.52. The fourth-order valence-corrected chi connectivity index (χ4v) is 6.93. The third kappa shape index (κ3) is 9.90. The second-order valence-electron chi connectivity index (χ2n) is 10.2. The maximum Gasteiger partial charge on any atom is 0.159 e. The molecule has 2 N–H and O–H groups in total. The molecule has 13 heteroatoms. The molecule has 43 heavy (non-hydrogen) atoms. The third-order valence-corrected chi connectivity index (χ3v) is 10.5. The number of nitrogens with zero attached hydrogens (tertiary/aromatic N) is 4. The molecule has 228 valence electrons. The quantitative estimate of drug-likeness (QED) is 0.226. The first-order chi connectivity index (χ1) is 20.8. The summed E-state index contributed by atoms with van der Waals surface area (Å²) in [5.74, 6) is 1.10. The van der Waals surface area contributed by atoms with Crippen LogP contribution in [0.5, 0.6) is 0 Å². The van der Waals surface area contributed by atoms with Crippen LogP contribution < -0.4 is 10.6 Å². The van der Waals surface area contributed by atoms with E-state index in [-0.39, 0.29) is 5.82 Å². The molecule has 0 fully saturated rings. The molecule has 3 aromatic rings. The second kappa shape index (κ2) is 16.0. The smallest absolute Gasteiger partial charge is 0.159 e. The molecule has 0 amide bonds. The zero-order valence-corrected chi connectivity index (χ0v) is 27.9. The topological polar surface area (TPSA) is 55.3 Å². The highest BCUT2D eigenvalue weighted by Crippen LogP contribution is 2.26. The first kappa shape index (κ1) is 32.7. The Morgan fingerprint density at radius 1 is 0.651 bits per heavy atom. The van der Waals surface area contributed by atoms with Crippen LogP contribution in [0.15, 0.2) is 64.6 Å². The molecule has 3 aromatic carbocycles. The van der Waals surface area contributed by atoms with Gasteiger partial charge in [0.1, 0.15) is 5.82 Å². The van der Waals surface area contributed by atoms with E-state index in [1.807, 2.05) is 42.5 Å². The second-order valence-corrected chi connectivity index (χ2v) is 13.7. The highest BCUT2D eigenvalue weighted by Gasteiger charge is 2.16. The van der Waals surface area contributed by atoms with Crippen molar-refractivity contribution < 1.29 is 4.39 Å². The van der Waals surface area contributed by atoms with Gasteiger partial charge in [0, 0.05) is 24.6 Å². The van der Waals surface area contributed by atoms with Crippen LogP contribution in [-0.2, 0) is 24.3 Å². The molecule has 0 spiro atoms. The molecule has 5 rings (SSSR count). The van der Waals surface area contributed by atoms with Gasteiger partial charge < -0.3 is 10.6 Å². The first-order valence-electron chi connectivity index (χ1n) is 13.7. The number of nitrogens with one attached hydrogen (secondary N) is 2. The van der Waals surface area contributed by atoms with Crippen molar-refractivity contribution in [2.24, 2.45) is 9.98 Å². The summed E-state index contributed by atoms with van der Waals surface area (Å²) < 4.78 is 14.2. The summed E-state index contributed by atoms with van der Waals surface area (Å²) in [7, 11) is 0. The maximum absolute atomic E-state index is 14.2. The largest absolute Gasteiger partial charge is 0.352 e. The van der Waals surface area contributed by atoms with Crippen LogP contribution in [0.1, 0.15) is 22.3 Å². The van der Waals surface area contributed by atoms with E-state index in [0.29, 0.717) is 51.6 Å². The maximum atomic E-state index is 14.2. The Bertz CT molecular complexity index is 1490. The number of benzene rings is 3. The zero-order valence-electron chi connectivity index (χ0n) is 23.3. The Kier molecular flexibility index (Phi) is 12.2. The van der Waals surface area contributed by atoms with Crippen molar-refractivity contribution in [2.75, 3.05) is 39.8 Å². The van der Waals surface area contributed by atoms with Crippen LogP contribution in [0.2, 0.25) is 20.1 Å². The summed E-state index contributed by atoms with van der Waals surface area (Å²) in [6, 6.07) is 16.5. The number of halogens is 5. The van der Waals surface area contributed by atoms with E-state index in [2.05, 4.69) is 20.4 Å². The van der Waals surface area contributed by atoms with Crippen molar-refractivity contribution in [1.29, 1.82) is 0 Å². The van der Waals surface area contributed by atoms with Gasteiger partial charge in [-0.2, -0.15) is 0 Å². The minimum atomic E-state index is -0.234. The van der Waals surface area contributed by atoms with Crippen LogP contribution in [-0.4, -0.2) is 59.9 Å². The van der Waals surface area contributed by atoms with E-state index >= 15 is 0 Å². The summed E-state index contributed by atoms with van der Waals surface area (Å²) in [5, 5.41) is 10.8. The molecule has 0 saturated carbocycles. The molecular weight excluding hydrogens is 669 g/mol. The number of hydrogen-bond donors (Lipinski definition) is 2. The minimum absolute atomic E-state index is 0.234. The molecule has 0 saturated heterocycles. The zero-order chi connectivity index (χ0) is 30.2. The van der Waals surface area contributed by atoms with Gasteiger partial charge in [-0.1, -0.05) is 88.1 Å². The Hall–Kier alpha value is -1.69. The van der Waals surface area contributed by atoms with Crippen molar-refractivity contribution in [1.82, 2.24) is 20.4 Å². The minimum Gasteiger partial charge on any atom is -0.352 e. The molecule has 6 nitrogen and oxygen atoms in total. The van der Waals surface area contributed by atoms with Crippen LogP contribution >= 0.6 is 69.9 Å². The number of thioether (sulfide) groups is 2. The van der Waals surface area contributed by atoms with Gasteiger partial charge in [-0.25, -0.2) is 14.4 Å². The van der Waals surface area contributed by atoms with Gasteiger partial charge in [-0.15, -0.1) is 0 Å². The van der Waals surface area contributed by atoms with E-state index in [4.69, 9.17) is 56.4 Å². The summed E-state index contributed by atoms with van der Waals surface area (Å²) in [6.45, 7) is 4.37. The predicted molar refractivity (Wildman–Crippen MR) is 183 cm³/mol. The molecule has 0 bridgehead atoms. The molecule has 0 aliphatic carbocycles. The van der Waals surface area contributed by atoms with Gasteiger partial charge >= 0.3 is 0 Å². The molecule has 0 aromatic heterocycles.